The van der Waals surface area contributed by atoms with Crippen molar-refractivity contribution in [1.82, 2.24) is 0 Å². The van der Waals surface area contributed by atoms with Crippen LogP contribution in [0.1, 0.15) is 13.3 Å². The maximum atomic E-state index is 3.25. The van der Waals surface area contributed by atoms with Crippen LogP contribution in [0.15, 0.2) is 18.2 Å². The number of allylic oxidation sites excluding steroid dienone is 4. The fraction of sp³-hybridized carbons (Fsp3) is 0.286. The molecule has 1 heteroatoms. The minimum absolute atomic E-state index is 0. The first-order valence-electron chi connectivity index (χ1n) is 2.42. The maximum Gasteiger partial charge on any atom is 2.00 e. The summed E-state index contributed by atoms with van der Waals surface area (Å²) < 4.78 is 0. The summed E-state index contributed by atoms with van der Waals surface area (Å²) in [5.41, 5.74) is 0. The summed E-state index contributed by atoms with van der Waals surface area (Å²) in [5.74, 6) is 0. The molecule has 0 heterocycles. The van der Waals surface area contributed by atoms with Crippen molar-refractivity contribution in [3.05, 3.63) is 31.2 Å². The molecule has 0 aromatic heterocycles. The van der Waals surface area contributed by atoms with E-state index in [4.69, 9.17) is 0 Å². The summed E-state index contributed by atoms with van der Waals surface area (Å²) in [6, 6.07) is 0. The zero-order chi connectivity index (χ0) is 5.54. The Kier molecular flexibility index (Phi) is 14.1. The van der Waals surface area contributed by atoms with Crippen molar-refractivity contribution >= 4 is 0 Å². The summed E-state index contributed by atoms with van der Waals surface area (Å²) in [4.78, 5) is 0. The SMILES string of the molecule is [C-]1=CC=CC1.[CH2-]C.[Ti+2]. The topological polar surface area (TPSA) is 0 Å². The first-order valence-corrected chi connectivity index (χ1v) is 2.42. The molecular weight excluding hydrogens is 132 g/mol. The zero-order valence-electron chi connectivity index (χ0n) is 5.15. The van der Waals surface area contributed by atoms with Crippen LogP contribution in [0.25, 0.3) is 0 Å². The van der Waals surface area contributed by atoms with Gasteiger partial charge in [-0.05, 0) is 0 Å². The third kappa shape index (κ3) is 6.19. The molecule has 0 amide bonds. The minimum Gasteiger partial charge on any atom is -0.346 e. The molecule has 0 saturated carbocycles. The van der Waals surface area contributed by atoms with Crippen molar-refractivity contribution in [2.24, 2.45) is 0 Å². The van der Waals surface area contributed by atoms with Crippen LogP contribution < -0.4 is 0 Å². The van der Waals surface area contributed by atoms with E-state index in [-0.39, 0.29) is 21.7 Å². The van der Waals surface area contributed by atoms with E-state index < -0.39 is 0 Å². The number of hydrogen-bond donors (Lipinski definition) is 0. The van der Waals surface area contributed by atoms with Gasteiger partial charge in [0.2, 0.25) is 0 Å². The molecule has 0 fully saturated rings. The van der Waals surface area contributed by atoms with Crippen LogP contribution in [0.5, 0.6) is 0 Å². The Morgan fingerprint density at radius 2 is 2.12 bits per heavy atom. The second-order valence-corrected chi connectivity index (χ2v) is 1.00. The van der Waals surface area contributed by atoms with Crippen LogP contribution in [-0.4, -0.2) is 0 Å². The van der Waals surface area contributed by atoms with Crippen LogP contribution in [0, 0.1) is 13.0 Å². The zero-order valence-corrected chi connectivity index (χ0v) is 6.71. The van der Waals surface area contributed by atoms with Gasteiger partial charge in [0.25, 0.3) is 0 Å². The average Bonchev–Trinajstić information content (AvgIpc) is 2.23. The third-order valence-corrected chi connectivity index (χ3v) is 0.586. The van der Waals surface area contributed by atoms with Gasteiger partial charge in [-0.25, -0.2) is 12.2 Å². The van der Waals surface area contributed by atoms with Gasteiger partial charge in [0.05, 0.1) is 0 Å². The van der Waals surface area contributed by atoms with Crippen molar-refractivity contribution in [2.75, 3.05) is 0 Å². The molecule has 1 aliphatic rings. The molecule has 0 spiro atoms. The second-order valence-electron chi connectivity index (χ2n) is 1.00. The summed E-state index contributed by atoms with van der Waals surface area (Å²) in [5, 5.41) is 0. The summed E-state index contributed by atoms with van der Waals surface area (Å²) in [7, 11) is 0. The third-order valence-electron chi connectivity index (χ3n) is 0.586. The van der Waals surface area contributed by atoms with E-state index >= 15 is 0 Å². The van der Waals surface area contributed by atoms with Crippen molar-refractivity contribution < 1.29 is 21.7 Å². The average molecular weight is 142 g/mol. The van der Waals surface area contributed by atoms with Gasteiger partial charge >= 0.3 is 21.7 Å². The van der Waals surface area contributed by atoms with E-state index in [0.29, 0.717) is 0 Å². The summed E-state index contributed by atoms with van der Waals surface area (Å²) in [6.07, 6.45) is 10.0. The molecule has 0 bridgehead atoms. The van der Waals surface area contributed by atoms with Crippen LogP contribution in [-0.2, 0) is 21.7 Å². The molecular formula is C7H10Ti. The van der Waals surface area contributed by atoms with E-state index in [9.17, 15) is 0 Å². The first-order chi connectivity index (χ1) is 3.50. The Hall–Kier alpha value is 0.194. The van der Waals surface area contributed by atoms with E-state index in [0.717, 1.165) is 6.42 Å². The largest absolute Gasteiger partial charge is 2.00 e. The van der Waals surface area contributed by atoms with Crippen molar-refractivity contribution in [1.29, 1.82) is 0 Å². The smallest absolute Gasteiger partial charge is 0.346 e. The molecule has 1 rings (SSSR count). The van der Waals surface area contributed by atoms with Crippen molar-refractivity contribution in [3.8, 4) is 0 Å². The molecule has 0 unspecified atom stereocenters. The predicted molar refractivity (Wildman–Crippen MR) is 32.6 cm³/mol. The Bertz CT molecular complexity index is 62.5. The quantitative estimate of drug-likeness (QED) is 0.359. The van der Waals surface area contributed by atoms with Crippen molar-refractivity contribution in [2.45, 2.75) is 13.3 Å². The molecule has 0 saturated heterocycles. The van der Waals surface area contributed by atoms with Gasteiger partial charge in [-0.1, -0.05) is 0 Å². The molecule has 1 aliphatic carbocycles. The normalized spacial score (nSPS) is 11.8. The summed E-state index contributed by atoms with van der Waals surface area (Å²) >= 11 is 0. The predicted octanol–water partition coefficient (Wildman–Crippen LogP) is 2.14. The molecule has 42 valence electrons. The monoisotopic (exact) mass is 142 g/mol. The van der Waals surface area contributed by atoms with Gasteiger partial charge in [0.15, 0.2) is 0 Å². The van der Waals surface area contributed by atoms with Gasteiger partial charge in [0, 0.05) is 0 Å². The van der Waals surface area contributed by atoms with Gasteiger partial charge in [-0.3, -0.25) is 6.08 Å². The van der Waals surface area contributed by atoms with Crippen molar-refractivity contribution in [3.63, 3.8) is 0 Å². The van der Waals surface area contributed by atoms with Crippen LogP contribution >= 0.6 is 0 Å². The Balaban J connectivity index is 0. The minimum atomic E-state index is 0. The van der Waals surface area contributed by atoms with Crippen LogP contribution in [0.4, 0.5) is 0 Å². The van der Waals surface area contributed by atoms with E-state index in [2.05, 4.69) is 19.1 Å². The molecule has 0 atom stereocenters. The standard InChI is InChI=1S/C5H5.C2H5.Ti/c1-2-4-5-3-1;1-2;/h1-3H,4H2;1H2,2H3;/q2*-1;+2. The molecule has 0 nitrogen and oxygen atoms in total. The van der Waals surface area contributed by atoms with E-state index in [1.165, 1.54) is 0 Å². The Morgan fingerprint density at radius 3 is 2.25 bits per heavy atom. The van der Waals surface area contributed by atoms with Gasteiger partial charge < -0.3 is 6.92 Å². The van der Waals surface area contributed by atoms with Gasteiger partial charge in [-0.2, -0.15) is 13.0 Å². The number of rotatable bonds is 0. The number of hydrogen-bond acceptors (Lipinski definition) is 0. The molecule has 0 N–H and O–H groups in total. The molecule has 0 aliphatic heterocycles. The van der Waals surface area contributed by atoms with Gasteiger partial charge in [0.1, 0.15) is 0 Å². The van der Waals surface area contributed by atoms with E-state index in [1.54, 1.807) is 6.92 Å². The van der Waals surface area contributed by atoms with Crippen LogP contribution in [0.2, 0.25) is 0 Å². The fourth-order valence-electron chi connectivity index (χ4n) is 0.340. The van der Waals surface area contributed by atoms with Crippen LogP contribution in [0.3, 0.4) is 0 Å². The second kappa shape index (κ2) is 10.2. The molecule has 0 radical (unpaired) electrons. The maximum absolute atomic E-state index is 3.25. The molecule has 8 heavy (non-hydrogen) atoms. The fourth-order valence-corrected chi connectivity index (χ4v) is 0.340. The Morgan fingerprint density at radius 1 is 1.50 bits per heavy atom. The first kappa shape index (κ1) is 11.1. The molecule has 0 aromatic rings. The van der Waals surface area contributed by atoms with E-state index in [1.807, 2.05) is 12.2 Å². The Labute approximate surface area is 66.6 Å². The van der Waals surface area contributed by atoms with Gasteiger partial charge in [-0.15, -0.1) is 6.42 Å². The molecule has 0 aromatic carbocycles. The summed E-state index contributed by atoms with van der Waals surface area (Å²) in [6.45, 7) is 5.00.